The molecule has 0 aliphatic heterocycles. The summed E-state index contributed by atoms with van der Waals surface area (Å²) in [6.07, 6.45) is 5.21. The molecule has 0 radical (unpaired) electrons. The summed E-state index contributed by atoms with van der Waals surface area (Å²) in [5, 5.41) is 6.55. The van der Waals surface area contributed by atoms with E-state index in [9.17, 15) is 9.59 Å². The Morgan fingerprint density at radius 2 is 1.83 bits per heavy atom. The molecule has 1 aliphatic rings. The molecular weight excluding hydrogens is 312 g/mol. The predicted octanol–water partition coefficient (Wildman–Crippen LogP) is 3.54. The van der Waals surface area contributed by atoms with Crippen LogP contribution in [0.15, 0.2) is 24.3 Å². The molecule has 2 N–H and O–H groups in total. The number of hydrogen-bond acceptors (Lipinski definition) is 2. The van der Waals surface area contributed by atoms with Crippen molar-refractivity contribution < 1.29 is 9.59 Å². The molecule has 1 aromatic carbocycles. The van der Waals surface area contributed by atoms with E-state index in [2.05, 4.69) is 10.6 Å². The van der Waals surface area contributed by atoms with E-state index in [0.29, 0.717) is 10.6 Å². The van der Waals surface area contributed by atoms with Crippen LogP contribution in [-0.2, 0) is 4.79 Å². The van der Waals surface area contributed by atoms with Crippen molar-refractivity contribution in [3.8, 4) is 0 Å². The van der Waals surface area contributed by atoms with Crippen molar-refractivity contribution >= 4 is 23.4 Å². The molecule has 2 atom stereocenters. The molecule has 2 rings (SSSR count). The Balaban J connectivity index is 2.03. The lowest BCUT2D eigenvalue weighted by Gasteiger charge is -2.25. The highest BCUT2D eigenvalue weighted by Gasteiger charge is 2.28. The molecule has 0 aromatic heterocycles. The van der Waals surface area contributed by atoms with E-state index in [4.69, 9.17) is 11.6 Å². The topological polar surface area (TPSA) is 58.2 Å². The molecule has 1 aliphatic carbocycles. The molecule has 1 saturated carbocycles. The van der Waals surface area contributed by atoms with E-state index in [-0.39, 0.29) is 23.8 Å². The van der Waals surface area contributed by atoms with Gasteiger partial charge in [-0.05, 0) is 43.0 Å². The van der Waals surface area contributed by atoms with E-state index in [0.717, 1.165) is 32.1 Å². The minimum atomic E-state index is -0.510. The van der Waals surface area contributed by atoms with Gasteiger partial charge in [0.1, 0.15) is 6.04 Å². The van der Waals surface area contributed by atoms with Gasteiger partial charge in [0, 0.05) is 16.6 Å². The molecule has 0 saturated heterocycles. The van der Waals surface area contributed by atoms with Crippen LogP contribution in [0.3, 0.4) is 0 Å². The highest BCUT2D eigenvalue weighted by atomic mass is 35.5. The average Bonchev–Trinajstić information content (AvgIpc) is 3.05. The third kappa shape index (κ3) is 4.96. The molecule has 0 heterocycles. The number of nitrogens with one attached hydrogen (secondary N) is 2. The summed E-state index contributed by atoms with van der Waals surface area (Å²) < 4.78 is 0. The largest absolute Gasteiger partial charge is 0.352 e. The first kappa shape index (κ1) is 17.8. The Morgan fingerprint density at radius 3 is 2.39 bits per heavy atom. The molecular formula is C18H25ClN2O2. The van der Waals surface area contributed by atoms with Crippen LogP contribution >= 0.6 is 11.6 Å². The molecule has 5 heteroatoms. The third-order valence-electron chi connectivity index (χ3n) is 4.59. The van der Waals surface area contributed by atoms with Crippen LogP contribution in [0.2, 0.25) is 5.02 Å². The lowest BCUT2D eigenvalue weighted by molar-refractivity contribution is -0.124. The molecule has 0 spiro atoms. The van der Waals surface area contributed by atoms with Gasteiger partial charge in [0.2, 0.25) is 5.91 Å². The van der Waals surface area contributed by atoms with Crippen LogP contribution in [0, 0.1) is 5.92 Å². The lowest BCUT2D eigenvalue weighted by atomic mass is 9.97. The summed E-state index contributed by atoms with van der Waals surface area (Å²) in [4.78, 5) is 25.0. The zero-order valence-electron chi connectivity index (χ0n) is 13.8. The van der Waals surface area contributed by atoms with E-state index in [1.807, 2.05) is 13.8 Å². The fourth-order valence-corrected chi connectivity index (χ4v) is 3.01. The molecule has 4 nitrogen and oxygen atoms in total. The second-order valence-electron chi connectivity index (χ2n) is 6.33. The average molecular weight is 337 g/mol. The number of benzene rings is 1. The number of rotatable bonds is 6. The predicted molar refractivity (Wildman–Crippen MR) is 92.6 cm³/mol. The number of halogens is 1. The van der Waals surface area contributed by atoms with Gasteiger partial charge in [-0.15, -0.1) is 0 Å². The zero-order chi connectivity index (χ0) is 16.8. The quantitative estimate of drug-likeness (QED) is 0.834. The first-order valence-electron chi connectivity index (χ1n) is 8.38. The van der Waals surface area contributed by atoms with Gasteiger partial charge in [-0.1, -0.05) is 44.7 Å². The smallest absolute Gasteiger partial charge is 0.251 e. The molecule has 0 bridgehead atoms. The van der Waals surface area contributed by atoms with E-state index in [1.165, 1.54) is 0 Å². The van der Waals surface area contributed by atoms with Crippen LogP contribution < -0.4 is 10.6 Å². The number of carbonyl (C=O) groups excluding carboxylic acids is 2. The fraction of sp³-hybridized carbons (Fsp3) is 0.556. The van der Waals surface area contributed by atoms with E-state index < -0.39 is 6.04 Å². The van der Waals surface area contributed by atoms with Gasteiger partial charge in [-0.3, -0.25) is 9.59 Å². The number of amides is 2. The first-order chi connectivity index (χ1) is 11.0. The van der Waals surface area contributed by atoms with Gasteiger partial charge in [0.05, 0.1) is 0 Å². The van der Waals surface area contributed by atoms with Gasteiger partial charge in [0.25, 0.3) is 5.91 Å². The maximum absolute atomic E-state index is 12.6. The molecule has 126 valence electrons. The Bertz CT molecular complexity index is 538. The van der Waals surface area contributed by atoms with E-state index >= 15 is 0 Å². The number of carbonyl (C=O) groups is 2. The Hall–Kier alpha value is -1.55. The minimum absolute atomic E-state index is 0.0754. The second kappa shape index (κ2) is 8.34. The van der Waals surface area contributed by atoms with Crippen molar-refractivity contribution in [2.24, 2.45) is 5.92 Å². The maximum Gasteiger partial charge on any atom is 0.251 e. The van der Waals surface area contributed by atoms with Crippen molar-refractivity contribution in [1.82, 2.24) is 10.6 Å². The third-order valence-corrected chi connectivity index (χ3v) is 4.84. The van der Waals surface area contributed by atoms with Gasteiger partial charge in [0.15, 0.2) is 0 Å². The van der Waals surface area contributed by atoms with Crippen molar-refractivity contribution in [3.05, 3.63) is 34.9 Å². The fourth-order valence-electron chi connectivity index (χ4n) is 2.89. The molecule has 2 amide bonds. The van der Waals surface area contributed by atoms with Gasteiger partial charge >= 0.3 is 0 Å². The monoisotopic (exact) mass is 336 g/mol. The SMILES string of the molecule is CC[C@H](C)[C@H](NC(=O)c1ccc(Cl)cc1)C(=O)NC1CCCC1. The van der Waals surface area contributed by atoms with Crippen LogP contribution in [-0.4, -0.2) is 23.9 Å². The summed E-state index contributed by atoms with van der Waals surface area (Å²) in [5.74, 6) is -0.241. The summed E-state index contributed by atoms with van der Waals surface area (Å²) >= 11 is 5.84. The van der Waals surface area contributed by atoms with Crippen LogP contribution in [0.4, 0.5) is 0 Å². The van der Waals surface area contributed by atoms with Crippen molar-refractivity contribution in [3.63, 3.8) is 0 Å². The normalized spacial score (nSPS) is 17.5. The maximum atomic E-state index is 12.6. The molecule has 0 unspecified atom stereocenters. The van der Waals surface area contributed by atoms with Gasteiger partial charge < -0.3 is 10.6 Å². The number of hydrogen-bond donors (Lipinski definition) is 2. The summed E-state index contributed by atoms with van der Waals surface area (Å²) in [6, 6.07) is 6.42. The summed E-state index contributed by atoms with van der Waals surface area (Å²) in [7, 11) is 0. The second-order valence-corrected chi connectivity index (χ2v) is 6.77. The van der Waals surface area contributed by atoms with Crippen LogP contribution in [0.25, 0.3) is 0 Å². The van der Waals surface area contributed by atoms with Crippen molar-refractivity contribution in [1.29, 1.82) is 0 Å². The van der Waals surface area contributed by atoms with E-state index in [1.54, 1.807) is 24.3 Å². The van der Waals surface area contributed by atoms with Gasteiger partial charge in [-0.25, -0.2) is 0 Å². The lowest BCUT2D eigenvalue weighted by Crippen LogP contribution is -2.52. The first-order valence-corrected chi connectivity index (χ1v) is 8.76. The highest BCUT2D eigenvalue weighted by molar-refractivity contribution is 6.30. The Morgan fingerprint density at radius 1 is 1.22 bits per heavy atom. The molecule has 23 heavy (non-hydrogen) atoms. The summed E-state index contributed by atoms with van der Waals surface area (Å²) in [6.45, 7) is 4.01. The standard InChI is InChI=1S/C18H25ClN2O2/c1-3-12(2)16(18(23)20-15-6-4-5-7-15)21-17(22)13-8-10-14(19)11-9-13/h8-12,15-16H,3-7H2,1-2H3,(H,20,23)(H,21,22)/t12-,16-/m0/s1. The Kier molecular flexibility index (Phi) is 6.46. The van der Waals surface area contributed by atoms with Gasteiger partial charge in [-0.2, -0.15) is 0 Å². The highest BCUT2D eigenvalue weighted by Crippen LogP contribution is 2.19. The minimum Gasteiger partial charge on any atom is -0.352 e. The molecule has 1 aromatic rings. The van der Waals surface area contributed by atoms with Crippen molar-refractivity contribution in [2.45, 2.75) is 58.0 Å². The Labute approximate surface area is 143 Å². The van der Waals surface area contributed by atoms with Crippen molar-refractivity contribution in [2.75, 3.05) is 0 Å². The molecule has 1 fully saturated rings. The zero-order valence-corrected chi connectivity index (χ0v) is 14.5. The summed E-state index contributed by atoms with van der Waals surface area (Å²) in [5.41, 5.74) is 0.511. The van der Waals surface area contributed by atoms with Crippen LogP contribution in [0.1, 0.15) is 56.3 Å². The van der Waals surface area contributed by atoms with Crippen LogP contribution in [0.5, 0.6) is 0 Å².